The lowest BCUT2D eigenvalue weighted by Gasteiger charge is -2.22. The van der Waals surface area contributed by atoms with Gasteiger partial charge in [-0.25, -0.2) is 4.39 Å². The van der Waals surface area contributed by atoms with Crippen LogP contribution in [0.25, 0.3) is 0 Å². The second kappa shape index (κ2) is 9.39. The number of nitrogens with one attached hydrogen (secondary N) is 1. The number of benzene rings is 1. The summed E-state index contributed by atoms with van der Waals surface area (Å²) in [5, 5.41) is 3.74. The highest BCUT2D eigenvalue weighted by molar-refractivity contribution is 6.30. The summed E-state index contributed by atoms with van der Waals surface area (Å²) in [6, 6.07) is 5.53. The fourth-order valence-corrected chi connectivity index (χ4v) is 2.74. The van der Waals surface area contributed by atoms with E-state index in [9.17, 15) is 4.39 Å². The molecular weight excluding hydrogens is 287 g/mol. The van der Waals surface area contributed by atoms with Gasteiger partial charge in [-0.1, -0.05) is 31.5 Å². The summed E-state index contributed by atoms with van der Waals surface area (Å²) in [5.74, 6) is -0.361. The summed E-state index contributed by atoms with van der Waals surface area (Å²) in [7, 11) is 0. The molecule has 0 bridgehead atoms. The molecule has 120 valence electrons. The van der Waals surface area contributed by atoms with Crippen LogP contribution in [0.15, 0.2) is 18.2 Å². The second-order valence-corrected chi connectivity index (χ2v) is 6.04. The third-order valence-electron chi connectivity index (χ3n) is 3.98. The molecule has 1 aromatic rings. The molecule has 0 spiro atoms. The van der Waals surface area contributed by atoms with Crippen molar-refractivity contribution in [3.05, 3.63) is 34.6 Å². The number of nitrogens with zero attached hydrogens (tertiary/aromatic N) is 1. The van der Waals surface area contributed by atoms with Crippen molar-refractivity contribution >= 4 is 11.6 Å². The molecular formula is C17H28ClFN2. The van der Waals surface area contributed by atoms with Gasteiger partial charge in [0.05, 0.1) is 5.02 Å². The van der Waals surface area contributed by atoms with Crippen LogP contribution in [0, 0.1) is 5.82 Å². The Kier molecular flexibility index (Phi) is 8.23. The largest absolute Gasteiger partial charge is 0.308 e. The van der Waals surface area contributed by atoms with E-state index in [2.05, 4.69) is 37.9 Å². The van der Waals surface area contributed by atoms with Gasteiger partial charge in [0.1, 0.15) is 5.82 Å². The van der Waals surface area contributed by atoms with Gasteiger partial charge < -0.3 is 10.2 Å². The first kappa shape index (κ1) is 18.4. The molecule has 4 heteroatoms. The van der Waals surface area contributed by atoms with Crippen LogP contribution >= 0.6 is 11.6 Å². The van der Waals surface area contributed by atoms with Crippen molar-refractivity contribution in [3.63, 3.8) is 0 Å². The Balaban J connectivity index is 2.39. The number of halogens is 2. The zero-order valence-electron chi connectivity index (χ0n) is 13.6. The lowest BCUT2D eigenvalue weighted by Crippen LogP contribution is -2.31. The topological polar surface area (TPSA) is 15.3 Å². The van der Waals surface area contributed by atoms with Crippen LogP contribution in [0.1, 0.15) is 52.1 Å². The number of rotatable bonds is 9. The summed E-state index contributed by atoms with van der Waals surface area (Å²) >= 11 is 5.84. The molecule has 0 saturated carbocycles. The minimum atomic E-state index is -0.361. The normalized spacial score (nSPS) is 14.4. The van der Waals surface area contributed by atoms with Crippen molar-refractivity contribution in [1.29, 1.82) is 0 Å². The lowest BCUT2D eigenvalue weighted by atomic mass is 10.1. The van der Waals surface area contributed by atoms with E-state index in [0.29, 0.717) is 6.04 Å². The third-order valence-corrected chi connectivity index (χ3v) is 4.27. The van der Waals surface area contributed by atoms with Gasteiger partial charge >= 0.3 is 0 Å². The maximum absolute atomic E-state index is 13.2. The van der Waals surface area contributed by atoms with E-state index < -0.39 is 0 Å². The van der Waals surface area contributed by atoms with Crippen LogP contribution in [0.2, 0.25) is 5.02 Å². The molecule has 1 N–H and O–H groups in total. The summed E-state index contributed by atoms with van der Waals surface area (Å²) < 4.78 is 13.2. The zero-order chi connectivity index (χ0) is 15.8. The van der Waals surface area contributed by atoms with Gasteiger partial charge in [-0.3, -0.25) is 0 Å². The standard InChI is InChI=1S/C17H28ClFN2/c1-5-21(6-2)11-7-8-13(3)20-14(4)15-9-10-17(19)16(18)12-15/h9-10,12-14,20H,5-8,11H2,1-4H3. The number of hydrogen-bond donors (Lipinski definition) is 1. The van der Waals surface area contributed by atoms with E-state index in [1.807, 2.05) is 0 Å². The van der Waals surface area contributed by atoms with E-state index in [4.69, 9.17) is 11.6 Å². The van der Waals surface area contributed by atoms with Crippen molar-refractivity contribution < 1.29 is 4.39 Å². The molecule has 0 saturated heterocycles. The summed E-state index contributed by atoms with van der Waals surface area (Å²) in [6.45, 7) is 12.1. The average molecular weight is 315 g/mol. The first-order valence-electron chi connectivity index (χ1n) is 7.91. The average Bonchev–Trinajstić information content (AvgIpc) is 2.46. The number of hydrogen-bond acceptors (Lipinski definition) is 2. The highest BCUT2D eigenvalue weighted by Crippen LogP contribution is 2.21. The summed E-state index contributed by atoms with van der Waals surface area (Å²) in [5.41, 5.74) is 1.02. The van der Waals surface area contributed by atoms with E-state index in [0.717, 1.165) is 31.6 Å². The van der Waals surface area contributed by atoms with Gasteiger partial charge in [-0.15, -0.1) is 0 Å². The zero-order valence-corrected chi connectivity index (χ0v) is 14.4. The monoisotopic (exact) mass is 314 g/mol. The smallest absolute Gasteiger partial charge is 0.141 e. The minimum Gasteiger partial charge on any atom is -0.308 e. The fourth-order valence-electron chi connectivity index (χ4n) is 2.55. The fraction of sp³-hybridized carbons (Fsp3) is 0.647. The Morgan fingerprint density at radius 1 is 1.24 bits per heavy atom. The van der Waals surface area contributed by atoms with Gasteiger partial charge in [-0.05, 0) is 64.0 Å². The van der Waals surface area contributed by atoms with Gasteiger partial charge in [-0.2, -0.15) is 0 Å². The molecule has 0 radical (unpaired) electrons. The van der Waals surface area contributed by atoms with Gasteiger partial charge in [0.2, 0.25) is 0 Å². The molecule has 21 heavy (non-hydrogen) atoms. The third kappa shape index (κ3) is 6.33. The molecule has 2 unspecified atom stereocenters. The van der Waals surface area contributed by atoms with Gasteiger partial charge in [0.25, 0.3) is 0 Å². The van der Waals surface area contributed by atoms with Crippen molar-refractivity contribution in [3.8, 4) is 0 Å². The SMILES string of the molecule is CCN(CC)CCCC(C)NC(C)c1ccc(F)c(Cl)c1. The van der Waals surface area contributed by atoms with E-state index in [1.54, 1.807) is 12.1 Å². The van der Waals surface area contributed by atoms with E-state index >= 15 is 0 Å². The molecule has 2 atom stereocenters. The highest BCUT2D eigenvalue weighted by atomic mass is 35.5. The molecule has 0 aliphatic carbocycles. The second-order valence-electron chi connectivity index (χ2n) is 5.63. The van der Waals surface area contributed by atoms with Crippen molar-refractivity contribution in [2.75, 3.05) is 19.6 Å². The predicted octanol–water partition coefficient (Wildman–Crippen LogP) is 4.64. The molecule has 0 aliphatic rings. The quantitative estimate of drug-likeness (QED) is 0.714. The van der Waals surface area contributed by atoms with Crippen molar-refractivity contribution in [1.82, 2.24) is 10.2 Å². The van der Waals surface area contributed by atoms with Gasteiger partial charge in [0, 0.05) is 12.1 Å². The van der Waals surface area contributed by atoms with Gasteiger partial charge in [0.15, 0.2) is 0 Å². The van der Waals surface area contributed by atoms with E-state index in [-0.39, 0.29) is 16.9 Å². The summed E-state index contributed by atoms with van der Waals surface area (Å²) in [6.07, 6.45) is 2.32. The van der Waals surface area contributed by atoms with Crippen LogP contribution in [0.4, 0.5) is 4.39 Å². The van der Waals surface area contributed by atoms with Crippen LogP contribution in [0.3, 0.4) is 0 Å². The molecule has 2 nitrogen and oxygen atoms in total. The molecule has 0 aliphatic heterocycles. The molecule has 0 heterocycles. The molecule has 0 amide bonds. The van der Waals surface area contributed by atoms with Crippen LogP contribution < -0.4 is 5.32 Å². The van der Waals surface area contributed by atoms with Crippen LogP contribution in [0.5, 0.6) is 0 Å². The Hall–Kier alpha value is -0.640. The molecule has 0 fully saturated rings. The summed E-state index contributed by atoms with van der Waals surface area (Å²) in [4.78, 5) is 2.44. The first-order chi connectivity index (χ1) is 9.97. The van der Waals surface area contributed by atoms with Crippen LogP contribution in [-0.4, -0.2) is 30.6 Å². The Bertz CT molecular complexity index is 421. The van der Waals surface area contributed by atoms with Crippen LogP contribution in [-0.2, 0) is 0 Å². The maximum atomic E-state index is 13.2. The molecule has 1 rings (SSSR count). The Morgan fingerprint density at radius 3 is 2.48 bits per heavy atom. The predicted molar refractivity (Wildman–Crippen MR) is 89.4 cm³/mol. The Morgan fingerprint density at radius 2 is 1.90 bits per heavy atom. The first-order valence-corrected chi connectivity index (χ1v) is 8.29. The molecule has 0 aromatic heterocycles. The lowest BCUT2D eigenvalue weighted by molar-refractivity contribution is 0.288. The van der Waals surface area contributed by atoms with E-state index in [1.165, 1.54) is 12.5 Å². The highest BCUT2D eigenvalue weighted by Gasteiger charge is 2.11. The Labute approximate surface area is 133 Å². The van der Waals surface area contributed by atoms with Crippen molar-refractivity contribution in [2.45, 2.75) is 52.6 Å². The maximum Gasteiger partial charge on any atom is 0.141 e. The minimum absolute atomic E-state index is 0.173. The molecule has 1 aromatic carbocycles. The van der Waals surface area contributed by atoms with Crippen molar-refractivity contribution in [2.24, 2.45) is 0 Å².